The topological polar surface area (TPSA) is 22.6 Å². The molecule has 2 aliphatic heterocycles. The second-order valence-electron chi connectivity index (χ2n) is 8.61. The summed E-state index contributed by atoms with van der Waals surface area (Å²) in [4.78, 5) is 12.2. The van der Waals surface area contributed by atoms with Gasteiger partial charge in [-0.05, 0) is 63.5 Å². The van der Waals surface area contributed by atoms with Crippen LogP contribution in [-0.2, 0) is 6.54 Å². The normalized spacial score (nSPS) is 21.6. The Balaban J connectivity index is 1.26. The number of hydrogen-bond donors (Lipinski definition) is 0. The highest BCUT2D eigenvalue weighted by Gasteiger charge is 2.29. The molecule has 0 radical (unpaired) electrons. The number of pyridine rings is 1. The summed E-state index contributed by atoms with van der Waals surface area (Å²) in [7, 11) is 2.24. The van der Waals surface area contributed by atoms with E-state index < -0.39 is 0 Å². The number of likely N-dealkylation sites (N-methyl/N-ethyl adjacent to an activating group) is 1. The molecule has 2 aromatic rings. The molecule has 0 amide bonds. The molecule has 4 heteroatoms. The summed E-state index contributed by atoms with van der Waals surface area (Å²) >= 11 is 0. The number of nitrogens with zero attached hydrogens (tertiary/aromatic N) is 4. The monoisotopic (exact) mass is 378 g/mol. The van der Waals surface area contributed by atoms with E-state index >= 15 is 0 Å². The van der Waals surface area contributed by atoms with Crippen LogP contribution in [0.25, 0.3) is 11.3 Å². The second kappa shape index (κ2) is 9.17. The first-order chi connectivity index (χ1) is 13.7. The second-order valence-corrected chi connectivity index (χ2v) is 8.61. The van der Waals surface area contributed by atoms with Gasteiger partial charge in [0.2, 0.25) is 0 Å². The van der Waals surface area contributed by atoms with Gasteiger partial charge in [0.15, 0.2) is 0 Å². The lowest BCUT2D eigenvalue weighted by Crippen LogP contribution is -2.51. The molecule has 0 spiro atoms. The lowest BCUT2D eigenvalue weighted by Gasteiger charge is -2.42. The molecule has 0 N–H and O–H groups in total. The van der Waals surface area contributed by atoms with Crippen molar-refractivity contribution in [2.75, 3.05) is 46.3 Å². The van der Waals surface area contributed by atoms with Crippen molar-refractivity contribution in [3.8, 4) is 11.3 Å². The van der Waals surface area contributed by atoms with Gasteiger partial charge in [-0.3, -0.25) is 14.8 Å². The number of likely N-dealkylation sites (tertiary alicyclic amines) is 1. The Bertz CT molecular complexity index is 714. The average molecular weight is 379 g/mol. The van der Waals surface area contributed by atoms with E-state index in [0.29, 0.717) is 0 Å². The summed E-state index contributed by atoms with van der Waals surface area (Å²) in [6.45, 7) is 10.9. The zero-order valence-electron chi connectivity index (χ0n) is 17.4. The highest BCUT2D eigenvalue weighted by molar-refractivity contribution is 5.58. The first kappa shape index (κ1) is 19.6. The Hall–Kier alpha value is -1.75. The van der Waals surface area contributed by atoms with Gasteiger partial charge in [-0.15, -0.1) is 0 Å². The average Bonchev–Trinajstić information content (AvgIpc) is 2.75. The van der Waals surface area contributed by atoms with Gasteiger partial charge < -0.3 is 4.90 Å². The van der Waals surface area contributed by atoms with Crippen molar-refractivity contribution < 1.29 is 0 Å². The molecule has 3 heterocycles. The predicted molar refractivity (Wildman–Crippen MR) is 116 cm³/mol. The molecule has 0 saturated carbocycles. The number of piperazine rings is 1. The molecular weight excluding hydrogens is 344 g/mol. The number of rotatable bonds is 5. The summed E-state index contributed by atoms with van der Waals surface area (Å²) in [5.41, 5.74) is 3.65. The molecule has 4 nitrogen and oxygen atoms in total. The van der Waals surface area contributed by atoms with Crippen molar-refractivity contribution in [2.24, 2.45) is 5.92 Å². The molecule has 2 aliphatic rings. The number of aromatic nitrogens is 1. The molecule has 0 bridgehead atoms. The van der Waals surface area contributed by atoms with E-state index in [1.165, 1.54) is 63.2 Å². The zero-order valence-corrected chi connectivity index (χ0v) is 17.4. The summed E-state index contributed by atoms with van der Waals surface area (Å²) in [5.74, 6) is 0.853. The number of hydrogen-bond acceptors (Lipinski definition) is 4. The third-order valence-electron chi connectivity index (χ3n) is 6.75. The first-order valence-corrected chi connectivity index (χ1v) is 10.8. The predicted octanol–water partition coefficient (Wildman–Crippen LogP) is 3.60. The van der Waals surface area contributed by atoms with Crippen LogP contribution in [-0.4, -0.2) is 72.0 Å². The maximum atomic E-state index is 4.44. The molecule has 0 unspecified atom stereocenters. The summed E-state index contributed by atoms with van der Waals surface area (Å²) in [6.07, 6.45) is 4.52. The van der Waals surface area contributed by atoms with Crippen LogP contribution in [0.4, 0.5) is 0 Å². The smallest absolute Gasteiger partial charge is 0.0701 e. The fourth-order valence-electron chi connectivity index (χ4n) is 4.69. The Kier molecular flexibility index (Phi) is 6.40. The van der Waals surface area contributed by atoms with Gasteiger partial charge >= 0.3 is 0 Å². The van der Waals surface area contributed by atoms with Crippen LogP contribution < -0.4 is 0 Å². The minimum Gasteiger partial charge on any atom is -0.304 e. The van der Waals surface area contributed by atoms with Crippen LogP contribution in [0, 0.1) is 5.92 Å². The van der Waals surface area contributed by atoms with Crippen molar-refractivity contribution in [2.45, 2.75) is 32.4 Å². The molecule has 2 fully saturated rings. The summed E-state index contributed by atoms with van der Waals surface area (Å²) in [5, 5.41) is 0. The minimum absolute atomic E-state index is 0.730. The van der Waals surface area contributed by atoms with E-state index in [1.54, 1.807) is 0 Å². The molecule has 1 aromatic heterocycles. The van der Waals surface area contributed by atoms with E-state index in [0.717, 1.165) is 24.2 Å². The van der Waals surface area contributed by atoms with E-state index in [4.69, 9.17) is 0 Å². The Morgan fingerprint density at radius 2 is 1.64 bits per heavy atom. The highest BCUT2D eigenvalue weighted by Crippen LogP contribution is 2.26. The maximum Gasteiger partial charge on any atom is 0.0701 e. The van der Waals surface area contributed by atoms with E-state index in [1.807, 2.05) is 18.3 Å². The van der Waals surface area contributed by atoms with Crippen molar-refractivity contribution in [1.82, 2.24) is 19.7 Å². The van der Waals surface area contributed by atoms with Crippen LogP contribution in [0.1, 0.15) is 25.3 Å². The van der Waals surface area contributed by atoms with Gasteiger partial charge in [0.05, 0.1) is 5.69 Å². The Labute approximate surface area is 170 Å². The Morgan fingerprint density at radius 3 is 2.29 bits per heavy atom. The quantitative estimate of drug-likeness (QED) is 0.793. The minimum atomic E-state index is 0.730. The third-order valence-corrected chi connectivity index (χ3v) is 6.75. The maximum absolute atomic E-state index is 4.44. The van der Waals surface area contributed by atoms with Crippen molar-refractivity contribution in [1.29, 1.82) is 0 Å². The van der Waals surface area contributed by atoms with Crippen LogP contribution in [0.3, 0.4) is 0 Å². The molecule has 1 atom stereocenters. The first-order valence-electron chi connectivity index (χ1n) is 10.8. The van der Waals surface area contributed by atoms with Gasteiger partial charge in [0.1, 0.15) is 0 Å². The van der Waals surface area contributed by atoms with Gasteiger partial charge in [0.25, 0.3) is 0 Å². The zero-order chi connectivity index (χ0) is 19.3. The van der Waals surface area contributed by atoms with E-state index in [9.17, 15) is 0 Å². The molecule has 150 valence electrons. The van der Waals surface area contributed by atoms with Crippen molar-refractivity contribution >= 4 is 0 Å². The molecule has 1 aromatic carbocycles. The lowest BCUT2D eigenvalue weighted by molar-refractivity contribution is 0.0598. The number of benzene rings is 1. The standard InChI is InChI=1S/C24H34N4/c1-20(28-17-15-26(2)16-18-28)22-10-13-27(14-11-22)19-21-6-8-23(9-7-21)24-5-3-4-12-25-24/h3-9,12,20,22H,10-11,13-19H2,1-2H3/t20-/m0/s1. The van der Waals surface area contributed by atoms with Crippen LogP contribution in [0.2, 0.25) is 0 Å². The molecule has 2 saturated heterocycles. The van der Waals surface area contributed by atoms with Crippen LogP contribution >= 0.6 is 0 Å². The molecular formula is C24H34N4. The largest absolute Gasteiger partial charge is 0.304 e. The van der Waals surface area contributed by atoms with Gasteiger partial charge in [-0.2, -0.15) is 0 Å². The fourth-order valence-corrected chi connectivity index (χ4v) is 4.69. The highest BCUT2D eigenvalue weighted by atomic mass is 15.3. The summed E-state index contributed by atoms with van der Waals surface area (Å²) in [6, 6.07) is 15.8. The number of piperidine rings is 1. The van der Waals surface area contributed by atoms with Gasteiger partial charge in [0, 0.05) is 50.5 Å². The Morgan fingerprint density at radius 1 is 0.929 bits per heavy atom. The molecule has 0 aliphatic carbocycles. The van der Waals surface area contributed by atoms with E-state index in [2.05, 4.69) is 64.0 Å². The molecule has 4 rings (SSSR count). The summed E-state index contributed by atoms with van der Waals surface area (Å²) < 4.78 is 0. The fraction of sp³-hybridized carbons (Fsp3) is 0.542. The van der Waals surface area contributed by atoms with Crippen LogP contribution in [0.15, 0.2) is 48.7 Å². The van der Waals surface area contributed by atoms with Crippen molar-refractivity contribution in [3.05, 3.63) is 54.2 Å². The van der Waals surface area contributed by atoms with Crippen molar-refractivity contribution in [3.63, 3.8) is 0 Å². The lowest BCUT2D eigenvalue weighted by atomic mass is 9.89. The van der Waals surface area contributed by atoms with E-state index in [-0.39, 0.29) is 0 Å². The third kappa shape index (κ3) is 4.80. The van der Waals surface area contributed by atoms with Gasteiger partial charge in [-0.1, -0.05) is 30.3 Å². The van der Waals surface area contributed by atoms with Crippen LogP contribution in [0.5, 0.6) is 0 Å². The SMILES string of the molecule is C[C@@H](C1CCN(Cc2ccc(-c3ccccn3)cc2)CC1)N1CCN(C)CC1. The molecule has 28 heavy (non-hydrogen) atoms. The van der Waals surface area contributed by atoms with Gasteiger partial charge in [-0.25, -0.2) is 0 Å².